The van der Waals surface area contributed by atoms with Crippen molar-refractivity contribution in [1.29, 1.82) is 0 Å². The van der Waals surface area contributed by atoms with Crippen molar-refractivity contribution in [3.8, 4) is 0 Å². The molecule has 0 bridgehead atoms. The van der Waals surface area contributed by atoms with Gasteiger partial charge < -0.3 is 10.7 Å². The number of amides is 1. The number of nitrogen functional groups attached to an aromatic ring is 1. The predicted molar refractivity (Wildman–Crippen MR) is 83.7 cm³/mol. The van der Waals surface area contributed by atoms with Crippen molar-refractivity contribution in [2.75, 3.05) is 10.7 Å². The minimum absolute atomic E-state index is 0.297. The molecule has 0 fully saturated rings. The van der Waals surface area contributed by atoms with Crippen molar-refractivity contribution in [3.63, 3.8) is 0 Å². The maximum absolute atomic E-state index is 12.2. The van der Waals surface area contributed by atoms with Gasteiger partial charge in [-0.15, -0.1) is 0 Å². The molecule has 0 atom stereocenters. The molecule has 4 N–H and O–H groups in total. The summed E-state index contributed by atoms with van der Waals surface area (Å²) in [6, 6.07) is 9.77. The lowest BCUT2D eigenvalue weighted by Crippen LogP contribution is -2.17. The number of halogens is 3. The summed E-state index contributed by atoms with van der Waals surface area (Å²) in [5, 5.41) is 3.58. The Kier molecular flexibility index (Phi) is 4.73. The van der Waals surface area contributed by atoms with E-state index in [1.165, 1.54) is 12.1 Å². The largest absolute Gasteiger partial charge is 0.323 e. The smallest absolute Gasteiger partial charge is 0.257 e. The van der Waals surface area contributed by atoms with Gasteiger partial charge in [0.05, 0.1) is 32.0 Å². The van der Waals surface area contributed by atoms with Gasteiger partial charge in [-0.05, 0) is 24.3 Å². The molecule has 0 radical (unpaired) electrons. The molecule has 0 heterocycles. The Hall–Kier alpha value is -1.46. The van der Waals surface area contributed by atoms with Gasteiger partial charge in [-0.3, -0.25) is 10.6 Å². The van der Waals surface area contributed by atoms with E-state index in [2.05, 4.69) is 10.7 Å². The minimum Gasteiger partial charge on any atom is -0.323 e. The first-order valence-electron chi connectivity index (χ1n) is 5.54. The van der Waals surface area contributed by atoms with Crippen LogP contribution in [-0.2, 0) is 0 Å². The van der Waals surface area contributed by atoms with E-state index in [4.69, 9.17) is 40.6 Å². The Balaban J connectivity index is 2.30. The average molecular weight is 331 g/mol. The lowest BCUT2D eigenvalue weighted by molar-refractivity contribution is 0.102. The van der Waals surface area contributed by atoms with Crippen LogP contribution in [0.2, 0.25) is 15.1 Å². The molecule has 0 saturated heterocycles. The first kappa shape index (κ1) is 14.9. The molecule has 0 spiro atoms. The minimum atomic E-state index is -0.362. The van der Waals surface area contributed by atoms with E-state index in [-0.39, 0.29) is 5.91 Å². The van der Waals surface area contributed by atoms with Gasteiger partial charge >= 0.3 is 0 Å². The second kappa shape index (κ2) is 6.33. The maximum Gasteiger partial charge on any atom is 0.257 e. The van der Waals surface area contributed by atoms with Gasteiger partial charge in [-0.25, -0.2) is 0 Å². The number of carbonyl (C=O) groups excluding carboxylic acids is 1. The molecule has 1 amide bonds. The van der Waals surface area contributed by atoms with Crippen LogP contribution >= 0.6 is 34.8 Å². The van der Waals surface area contributed by atoms with Crippen LogP contribution in [0.1, 0.15) is 10.4 Å². The fourth-order valence-electron chi connectivity index (χ4n) is 1.61. The Bertz CT molecular complexity index is 661. The van der Waals surface area contributed by atoms with E-state index in [1.807, 2.05) is 0 Å². The van der Waals surface area contributed by atoms with Crippen LogP contribution in [0.15, 0.2) is 36.4 Å². The van der Waals surface area contributed by atoms with E-state index in [0.717, 1.165) is 0 Å². The number of anilines is 2. The highest BCUT2D eigenvalue weighted by molar-refractivity contribution is 6.44. The Morgan fingerprint density at radius 2 is 1.60 bits per heavy atom. The molecule has 20 heavy (non-hydrogen) atoms. The highest BCUT2D eigenvalue weighted by Crippen LogP contribution is 2.32. The standard InChI is InChI=1S/C13H10Cl3N3O/c14-8-5-10(16)12(6-9(8)15)18-13(20)7-3-1-2-4-11(7)19-17/h1-6,19H,17H2,(H,18,20). The molecule has 0 saturated carbocycles. The van der Waals surface area contributed by atoms with Crippen LogP contribution in [0.25, 0.3) is 0 Å². The number of nitrogens with two attached hydrogens (primary N) is 1. The van der Waals surface area contributed by atoms with E-state index in [1.54, 1.807) is 24.3 Å². The molecule has 0 aliphatic heterocycles. The summed E-state index contributed by atoms with van der Waals surface area (Å²) in [6.07, 6.45) is 0. The van der Waals surface area contributed by atoms with E-state index in [0.29, 0.717) is 32.0 Å². The van der Waals surface area contributed by atoms with Crippen LogP contribution in [-0.4, -0.2) is 5.91 Å². The third kappa shape index (κ3) is 3.16. The van der Waals surface area contributed by atoms with Gasteiger partial charge in [-0.1, -0.05) is 46.9 Å². The first-order chi connectivity index (χ1) is 9.52. The number of carbonyl (C=O) groups is 1. The quantitative estimate of drug-likeness (QED) is 0.449. The van der Waals surface area contributed by atoms with Crippen molar-refractivity contribution in [3.05, 3.63) is 57.0 Å². The van der Waals surface area contributed by atoms with Gasteiger partial charge in [-0.2, -0.15) is 0 Å². The van der Waals surface area contributed by atoms with Crippen molar-refractivity contribution in [2.24, 2.45) is 5.84 Å². The summed E-state index contributed by atoms with van der Waals surface area (Å²) < 4.78 is 0. The van der Waals surface area contributed by atoms with Crippen molar-refractivity contribution >= 4 is 52.1 Å². The molecule has 2 rings (SSSR count). The average Bonchev–Trinajstić information content (AvgIpc) is 2.44. The molecule has 0 aliphatic rings. The number of benzene rings is 2. The Labute approximate surface area is 130 Å². The molecule has 104 valence electrons. The highest BCUT2D eigenvalue weighted by atomic mass is 35.5. The summed E-state index contributed by atoms with van der Waals surface area (Å²) in [7, 11) is 0. The van der Waals surface area contributed by atoms with Crippen LogP contribution in [0, 0.1) is 0 Å². The zero-order valence-corrected chi connectivity index (χ0v) is 12.4. The topological polar surface area (TPSA) is 67.1 Å². The van der Waals surface area contributed by atoms with Crippen LogP contribution < -0.4 is 16.6 Å². The molecule has 2 aromatic rings. The number of nitrogens with one attached hydrogen (secondary N) is 2. The lowest BCUT2D eigenvalue weighted by Gasteiger charge is -2.11. The highest BCUT2D eigenvalue weighted by Gasteiger charge is 2.13. The Morgan fingerprint density at radius 1 is 0.950 bits per heavy atom. The zero-order valence-electron chi connectivity index (χ0n) is 10.1. The molecule has 2 aromatic carbocycles. The third-order valence-electron chi connectivity index (χ3n) is 2.59. The lowest BCUT2D eigenvalue weighted by atomic mass is 10.1. The summed E-state index contributed by atoms with van der Waals surface area (Å²) in [4.78, 5) is 12.2. The first-order valence-corrected chi connectivity index (χ1v) is 6.68. The summed E-state index contributed by atoms with van der Waals surface area (Å²) in [5.74, 6) is 5.00. The number of hydrazine groups is 1. The zero-order chi connectivity index (χ0) is 14.7. The molecule has 4 nitrogen and oxygen atoms in total. The van der Waals surface area contributed by atoms with Crippen LogP contribution in [0.5, 0.6) is 0 Å². The molecular formula is C13H10Cl3N3O. The maximum atomic E-state index is 12.2. The monoisotopic (exact) mass is 329 g/mol. The van der Waals surface area contributed by atoms with Crippen LogP contribution in [0.4, 0.5) is 11.4 Å². The van der Waals surface area contributed by atoms with Crippen LogP contribution in [0.3, 0.4) is 0 Å². The van der Waals surface area contributed by atoms with E-state index >= 15 is 0 Å². The fourth-order valence-corrected chi connectivity index (χ4v) is 2.21. The van der Waals surface area contributed by atoms with Gasteiger partial charge in [0, 0.05) is 0 Å². The van der Waals surface area contributed by atoms with E-state index < -0.39 is 0 Å². The third-order valence-corrected chi connectivity index (χ3v) is 3.62. The SMILES string of the molecule is NNc1ccccc1C(=O)Nc1cc(Cl)c(Cl)cc1Cl. The summed E-state index contributed by atoms with van der Waals surface area (Å²) >= 11 is 17.7. The van der Waals surface area contributed by atoms with Gasteiger partial charge in [0.25, 0.3) is 5.91 Å². The van der Waals surface area contributed by atoms with Gasteiger partial charge in [0.1, 0.15) is 0 Å². The number of hydrogen-bond donors (Lipinski definition) is 3. The van der Waals surface area contributed by atoms with Gasteiger partial charge in [0.2, 0.25) is 0 Å². The van der Waals surface area contributed by atoms with Crippen molar-refractivity contribution in [1.82, 2.24) is 0 Å². The molecular weight excluding hydrogens is 321 g/mol. The summed E-state index contributed by atoms with van der Waals surface area (Å²) in [5.41, 5.74) is 3.72. The predicted octanol–water partition coefficient (Wildman–Crippen LogP) is 4.18. The Morgan fingerprint density at radius 3 is 2.30 bits per heavy atom. The fraction of sp³-hybridized carbons (Fsp3) is 0. The van der Waals surface area contributed by atoms with Crippen molar-refractivity contribution < 1.29 is 4.79 Å². The molecule has 0 aromatic heterocycles. The second-order valence-corrected chi connectivity index (χ2v) is 5.11. The molecule has 0 unspecified atom stereocenters. The van der Waals surface area contributed by atoms with E-state index in [9.17, 15) is 4.79 Å². The number of para-hydroxylation sites is 1. The molecule has 7 heteroatoms. The number of hydrogen-bond acceptors (Lipinski definition) is 3. The van der Waals surface area contributed by atoms with Crippen molar-refractivity contribution in [2.45, 2.75) is 0 Å². The normalized spacial score (nSPS) is 10.2. The second-order valence-electron chi connectivity index (χ2n) is 3.89. The summed E-state index contributed by atoms with van der Waals surface area (Å²) in [6.45, 7) is 0. The molecule has 0 aliphatic carbocycles. The number of rotatable bonds is 3. The van der Waals surface area contributed by atoms with Gasteiger partial charge in [0.15, 0.2) is 0 Å².